The van der Waals surface area contributed by atoms with Gasteiger partial charge in [-0.25, -0.2) is 9.97 Å². The zero-order valence-corrected chi connectivity index (χ0v) is 13.7. The molecule has 0 spiro atoms. The highest BCUT2D eigenvalue weighted by atomic mass is 32.2. The van der Waals surface area contributed by atoms with Crippen molar-refractivity contribution in [3.8, 4) is 0 Å². The molecule has 0 amide bonds. The van der Waals surface area contributed by atoms with Gasteiger partial charge in [-0.2, -0.15) is 0 Å². The number of hydrogen-bond acceptors (Lipinski definition) is 6. The number of aromatic nitrogens is 2. The summed E-state index contributed by atoms with van der Waals surface area (Å²) in [6, 6.07) is 6.24. The Hall–Kier alpha value is -1.27. The first-order chi connectivity index (χ1) is 9.72. The highest BCUT2D eigenvalue weighted by Gasteiger charge is 2.09. The molecule has 1 N–H and O–H groups in total. The van der Waals surface area contributed by atoms with Gasteiger partial charge in [0.25, 0.3) is 0 Å². The number of rotatable bonds is 7. The summed E-state index contributed by atoms with van der Waals surface area (Å²) in [6.07, 6.45) is 3.08. The molecule has 0 saturated heterocycles. The minimum absolute atomic E-state index is 0.805. The van der Waals surface area contributed by atoms with Crippen molar-refractivity contribution in [1.29, 1.82) is 0 Å². The molecule has 0 aliphatic heterocycles. The molecule has 20 heavy (non-hydrogen) atoms. The van der Waals surface area contributed by atoms with Gasteiger partial charge in [0.2, 0.25) is 0 Å². The number of thioether (sulfide) groups is 1. The SMILES string of the molecule is CCCNc1cc(N(C)Cc2cccs2)nc(SC)n1. The monoisotopic (exact) mass is 308 g/mol. The fraction of sp³-hybridized carbons (Fsp3) is 0.429. The Balaban J connectivity index is 2.16. The molecule has 0 radical (unpaired) electrons. The molecule has 6 heteroatoms. The largest absolute Gasteiger partial charge is 0.370 e. The summed E-state index contributed by atoms with van der Waals surface area (Å²) >= 11 is 3.34. The summed E-state index contributed by atoms with van der Waals surface area (Å²) in [5.41, 5.74) is 0. The second-order valence-corrected chi connectivity index (χ2v) is 6.27. The van der Waals surface area contributed by atoms with Crippen molar-refractivity contribution >= 4 is 34.7 Å². The van der Waals surface area contributed by atoms with E-state index in [-0.39, 0.29) is 0 Å². The first-order valence-electron chi connectivity index (χ1n) is 6.63. The van der Waals surface area contributed by atoms with Crippen LogP contribution in [0.2, 0.25) is 0 Å². The van der Waals surface area contributed by atoms with E-state index < -0.39 is 0 Å². The minimum atomic E-state index is 0.805. The van der Waals surface area contributed by atoms with E-state index in [1.165, 1.54) is 4.88 Å². The van der Waals surface area contributed by atoms with Crippen molar-refractivity contribution in [2.24, 2.45) is 0 Å². The number of nitrogens with zero attached hydrogens (tertiary/aromatic N) is 3. The highest BCUT2D eigenvalue weighted by Crippen LogP contribution is 2.22. The van der Waals surface area contributed by atoms with E-state index in [0.717, 1.165) is 36.3 Å². The Morgan fingerprint density at radius 2 is 2.25 bits per heavy atom. The van der Waals surface area contributed by atoms with E-state index in [4.69, 9.17) is 0 Å². The van der Waals surface area contributed by atoms with Crippen LogP contribution < -0.4 is 10.2 Å². The van der Waals surface area contributed by atoms with Gasteiger partial charge >= 0.3 is 0 Å². The van der Waals surface area contributed by atoms with Crippen molar-refractivity contribution in [3.05, 3.63) is 28.5 Å². The molecule has 2 aromatic rings. The summed E-state index contributed by atoms with van der Waals surface area (Å²) in [4.78, 5) is 12.6. The van der Waals surface area contributed by atoms with E-state index in [0.29, 0.717) is 0 Å². The van der Waals surface area contributed by atoms with E-state index in [2.05, 4.69) is 51.7 Å². The first-order valence-corrected chi connectivity index (χ1v) is 8.73. The molecule has 0 fully saturated rings. The first kappa shape index (κ1) is 15.1. The van der Waals surface area contributed by atoms with Crippen LogP contribution >= 0.6 is 23.1 Å². The van der Waals surface area contributed by atoms with Crippen LogP contribution in [0.5, 0.6) is 0 Å². The Labute approximate surface area is 128 Å². The number of nitrogens with one attached hydrogen (secondary N) is 1. The summed E-state index contributed by atoms with van der Waals surface area (Å²) in [5.74, 6) is 1.86. The predicted octanol–water partition coefficient (Wildman–Crippen LogP) is 3.72. The van der Waals surface area contributed by atoms with Crippen LogP contribution in [0.25, 0.3) is 0 Å². The second-order valence-electron chi connectivity index (χ2n) is 4.46. The molecule has 0 saturated carbocycles. The van der Waals surface area contributed by atoms with E-state index in [1.54, 1.807) is 23.1 Å². The van der Waals surface area contributed by atoms with Gasteiger partial charge in [-0.1, -0.05) is 24.8 Å². The molecule has 2 aromatic heterocycles. The summed E-state index contributed by atoms with van der Waals surface area (Å²) < 4.78 is 0. The van der Waals surface area contributed by atoms with Gasteiger partial charge in [-0.05, 0) is 24.1 Å². The van der Waals surface area contributed by atoms with Gasteiger partial charge in [0.15, 0.2) is 5.16 Å². The van der Waals surface area contributed by atoms with Crippen molar-refractivity contribution in [2.45, 2.75) is 25.0 Å². The lowest BCUT2D eigenvalue weighted by molar-refractivity contribution is 0.860. The van der Waals surface area contributed by atoms with Crippen LogP contribution in [0, 0.1) is 0 Å². The van der Waals surface area contributed by atoms with E-state index in [9.17, 15) is 0 Å². The molecular weight excluding hydrogens is 288 g/mol. The summed E-state index contributed by atoms with van der Waals surface area (Å²) in [5, 5.41) is 6.24. The van der Waals surface area contributed by atoms with E-state index in [1.807, 2.05) is 12.3 Å². The van der Waals surface area contributed by atoms with Crippen LogP contribution in [-0.2, 0) is 6.54 Å². The molecule has 0 bridgehead atoms. The van der Waals surface area contributed by atoms with Gasteiger partial charge in [0.1, 0.15) is 11.6 Å². The molecule has 0 aliphatic carbocycles. The van der Waals surface area contributed by atoms with Crippen molar-refractivity contribution in [3.63, 3.8) is 0 Å². The Morgan fingerprint density at radius 1 is 1.40 bits per heavy atom. The molecule has 2 rings (SSSR count). The Kier molecular flexibility index (Phi) is 5.67. The van der Waals surface area contributed by atoms with E-state index >= 15 is 0 Å². The van der Waals surface area contributed by atoms with Crippen molar-refractivity contribution < 1.29 is 0 Å². The second kappa shape index (κ2) is 7.50. The molecule has 0 aliphatic rings. The maximum Gasteiger partial charge on any atom is 0.191 e. The lowest BCUT2D eigenvalue weighted by Gasteiger charge is -2.18. The third-order valence-corrected chi connectivity index (χ3v) is 4.20. The van der Waals surface area contributed by atoms with Crippen LogP contribution in [0.3, 0.4) is 0 Å². The highest BCUT2D eigenvalue weighted by molar-refractivity contribution is 7.98. The minimum Gasteiger partial charge on any atom is -0.370 e. The fourth-order valence-electron chi connectivity index (χ4n) is 1.76. The van der Waals surface area contributed by atoms with Crippen LogP contribution in [-0.4, -0.2) is 29.8 Å². The Bertz CT molecular complexity index is 528. The van der Waals surface area contributed by atoms with Crippen LogP contribution in [0.15, 0.2) is 28.7 Å². The molecule has 108 valence electrons. The maximum absolute atomic E-state index is 4.58. The number of anilines is 2. The normalized spacial score (nSPS) is 10.6. The fourth-order valence-corrected chi connectivity index (χ4v) is 2.89. The van der Waals surface area contributed by atoms with Crippen LogP contribution in [0.4, 0.5) is 11.6 Å². The number of thiophene rings is 1. The van der Waals surface area contributed by atoms with Crippen molar-refractivity contribution in [1.82, 2.24) is 9.97 Å². The molecule has 2 heterocycles. The molecule has 0 atom stereocenters. The van der Waals surface area contributed by atoms with Gasteiger partial charge in [0.05, 0.1) is 6.54 Å². The number of hydrogen-bond donors (Lipinski definition) is 1. The standard InChI is InChI=1S/C14H20N4S2/c1-4-7-15-12-9-13(17-14(16-12)19-3)18(2)10-11-6-5-8-20-11/h5-6,8-9H,4,7,10H2,1-3H3,(H,15,16,17). The molecular formula is C14H20N4S2. The average Bonchev–Trinajstić information content (AvgIpc) is 2.97. The molecule has 0 unspecified atom stereocenters. The summed E-state index contributed by atoms with van der Waals surface area (Å²) in [6.45, 7) is 3.95. The predicted molar refractivity (Wildman–Crippen MR) is 89.0 cm³/mol. The topological polar surface area (TPSA) is 41.0 Å². The lowest BCUT2D eigenvalue weighted by Crippen LogP contribution is -2.18. The third-order valence-electron chi connectivity index (χ3n) is 2.80. The zero-order chi connectivity index (χ0) is 14.4. The molecule has 0 aromatic carbocycles. The van der Waals surface area contributed by atoms with Crippen LogP contribution in [0.1, 0.15) is 18.2 Å². The smallest absolute Gasteiger partial charge is 0.191 e. The maximum atomic E-state index is 4.58. The summed E-state index contributed by atoms with van der Waals surface area (Å²) in [7, 11) is 2.07. The zero-order valence-electron chi connectivity index (χ0n) is 12.1. The molecule has 4 nitrogen and oxygen atoms in total. The van der Waals surface area contributed by atoms with Gasteiger partial charge < -0.3 is 10.2 Å². The van der Waals surface area contributed by atoms with Gasteiger partial charge in [0, 0.05) is 24.5 Å². The third kappa shape index (κ3) is 4.11. The Morgan fingerprint density at radius 3 is 2.90 bits per heavy atom. The van der Waals surface area contributed by atoms with Crippen molar-refractivity contribution in [2.75, 3.05) is 30.1 Å². The van der Waals surface area contributed by atoms with Gasteiger partial charge in [-0.15, -0.1) is 11.3 Å². The quantitative estimate of drug-likeness (QED) is 0.623. The van der Waals surface area contributed by atoms with Gasteiger partial charge in [-0.3, -0.25) is 0 Å². The average molecular weight is 308 g/mol. The lowest BCUT2D eigenvalue weighted by atomic mass is 10.4.